The predicted molar refractivity (Wildman–Crippen MR) is 75.2 cm³/mol. The van der Waals surface area contributed by atoms with E-state index in [-0.39, 0.29) is 0 Å². The van der Waals surface area contributed by atoms with E-state index < -0.39 is 0 Å². The van der Waals surface area contributed by atoms with Crippen LogP contribution in [0.15, 0.2) is 36.4 Å². The minimum Gasteiger partial charge on any atom is -0.377 e. The molecule has 2 aliphatic carbocycles. The van der Waals surface area contributed by atoms with E-state index in [0.717, 1.165) is 31.0 Å². The van der Waals surface area contributed by atoms with Crippen LogP contribution in [0.5, 0.6) is 0 Å². The number of fused-ring (bicyclic) bond motifs is 1. The van der Waals surface area contributed by atoms with Gasteiger partial charge in [0.15, 0.2) is 0 Å². The van der Waals surface area contributed by atoms with Crippen molar-refractivity contribution in [2.24, 2.45) is 17.8 Å². The van der Waals surface area contributed by atoms with E-state index in [1.165, 1.54) is 31.2 Å². The molecular formula is C17H22O. The average Bonchev–Trinajstić information content (AvgIpc) is 3.18. The van der Waals surface area contributed by atoms with Gasteiger partial charge in [0.1, 0.15) is 0 Å². The van der Waals surface area contributed by atoms with Crippen molar-refractivity contribution in [2.45, 2.75) is 25.7 Å². The van der Waals surface area contributed by atoms with E-state index in [1.807, 2.05) is 6.07 Å². The summed E-state index contributed by atoms with van der Waals surface area (Å²) in [6, 6.07) is 10.4. The Bertz CT molecular complexity index is 395. The third kappa shape index (κ3) is 3.23. The molecule has 3 atom stereocenters. The second-order valence-corrected chi connectivity index (χ2v) is 5.79. The normalized spacial score (nSPS) is 30.3. The SMILES string of the molecule is C(=C\c1ccccc1)/COCC1CCC2CC2C1. The highest BCUT2D eigenvalue weighted by Gasteiger charge is 2.41. The Labute approximate surface area is 110 Å². The molecule has 2 aliphatic rings. The first-order chi connectivity index (χ1) is 8.92. The summed E-state index contributed by atoms with van der Waals surface area (Å²) in [5, 5.41) is 0. The van der Waals surface area contributed by atoms with Gasteiger partial charge in [-0.1, -0.05) is 42.5 Å². The standard InChI is InChI=1S/C17H22O/c1-2-5-14(6-3-1)7-4-10-18-13-15-8-9-16-12-17(16)11-15/h1-7,15-17H,8-13H2/b7-4+. The van der Waals surface area contributed by atoms with Gasteiger partial charge in [0.05, 0.1) is 6.61 Å². The molecule has 2 saturated carbocycles. The van der Waals surface area contributed by atoms with Crippen molar-refractivity contribution in [1.82, 2.24) is 0 Å². The summed E-state index contributed by atoms with van der Waals surface area (Å²) in [5.41, 5.74) is 1.25. The van der Waals surface area contributed by atoms with Gasteiger partial charge >= 0.3 is 0 Å². The van der Waals surface area contributed by atoms with Crippen molar-refractivity contribution in [3.8, 4) is 0 Å². The third-order valence-corrected chi connectivity index (χ3v) is 4.33. The van der Waals surface area contributed by atoms with Crippen molar-refractivity contribution in [3.63, 3.8) is 0 Å². The molecule has 0 bridgehead atoms. The quantitative estimate of drug-likeness (QED) is 0.705. The third-order valence-electron chi connectivity index (χ3n) is 4.33. The molecule has 0 saturated heterocycles. The zero-order valence-electron chi connectivity index (χ0n) is 10.9. The van der Waals surface area contributed by atoms with Crippen LogP contribution in [0.25, 0.3) is 6.08 Å². The van der Waals surface area contributed by atoms with Crippen LogP contribution in [-0.4, -0.2) is 13.2 Å². The molecule has 0 aromatic heterocycles. The van der Waals surface area contributed by atoms with E-state index in [1.54, 1.807) is 0 Å². The van der Waals surface area contributed by atoms with E-state index >= 15 is 0 Å². The van der Waals surface area contributed by atoms with Gasteiger partial charge in [-0.3, -0.25) is 0 Å². The van der Waals surface area contributed by atoms with Crippen molar-refractivity contribution < 1.29 is 4.74 Å². The first kappa shape index (κ1) is 12.0. The maximum atomic E-state index is 5.77. The molecule has 2 fully saturated rings. The second kappa shape index (κ2) is 5.71. The van der Waals surface area contributed by atoms with Crippen LogP contribution in [0.4, 0.5) is 0 Å². The van der Waals surface area contributed by atoms with Crippen LogP contribution in [0.1, 0.15) is 31.2 Å². The molecule has 3 unspecified atom stereocenters. The van der Waals surface area contributed by atoms with Crippen molar-refractivity contribution >= 4 is 6.08 Å². The predicted octanol–water partition coefficient (Wildman–Crippen LogP) is 4.15. The lowest BCUT2D eigenvalue weighted by Crippen LogP contribution is -2.14. The Morgan fingerprint density at radius 1 is 1.06 bits per heavy atom. The minimum atomic E-state index is 0.749. The monoisotopic (exact) mass is 242 g/mol. The summed E-state index contributed by atoms with van der Waals surface area (Å²) in [6.45, 7) is 1.71. The van der Waals surface area contributed by atoms with Crippen LogP contribution in [0.2, 0.25) is 0 Å². The molecule has 0 amide bonds. The van der Waals surface area contributed by atoms with Crippen molar-refractivity contribution in [3.05, 3.63) is 42.0 Å². The minimum absolute atomic E-state index is 0.749. The van der Waals surface area contributed by atoms with Gasteiger partial charge < -0.3 is 4.74 Å². The Hall–Kier alpha value is -1.08. The van der Waals surface area contributed by atoms with Gasteiger partial charge in [0.2, 0.25) is 0 Å². The maximum Gasteiger partial charge on any atom is 0.0650 e. The number of rotatable bonds is 5. The zero-order chi connectivity index (χ0) is 12.2. The number of hydrogen-bond acceptors (Lipinski definition) is 1. The fourth-order valence-electron chi connectivity index (χ4n) is 3.15. The molecule has 0 aliphatic heterocycles. The molecule has 3 rings (SSSR count). The van der Waals surface area contributed by atoms with Crippen LogP contribution >= 0.6 is 0 Å². The smallest absolute Gasteiger partial charge is 0.0650 e. The lowest BCUT2D eigenvalue weighted by atomic mass is 9.90. The molecule has 0 spiro atoms. The lowest BCUT2D eigenvalue weighted by molar-refractivity contribution is 0.104. The Balaban J connectivity index is 1.34. The molecule has 0 N–H and O–H groups in total. The molecule has 0 radical (unpaired) electrons. The summed E-state index contributed by atoms with van der Waals surface area (Å²) in [6.07, 6.45) is 10.0. The molecule has 18 heavy (non-hydrogen) atoms. The Morgan fingerprint density at radius 2 is 1.94 bits per heavy atom. The molecule has 1 nitrogen and oxygen atoms in total. The molecule has 1 aromatic carbocycles. The van der Waals surface area contributed by atoms with Crippen LogP contribution in [0.3, 0.4) is 0 Å². The average molecular weight is 242 g/mol. The van der Waals surface area contributed by atoms with Crippen LogP contribution in [0, 0.1) is 17.8 Å². The lowest BCUT2D eigenvalue weighted by Gasteiger charge is -2.20. The Morgan fingerprint density at radius 3 is 2.78 bits per heavy atom. The van der Waals surface area contributed by atoms with Gasteiger partial charge in [-0.25, -0.2) is 0 Å². The number of hydrogen-bond donors (Lipinski definition) is 0. The van der Waals surface area contributed by atoms with E-state index in [4.69, 9.17) is 4.74 Å². The van der Waals surface area contributed by atoms with E-state index in [2.05, 4.69) is 36.4 Å². The van der Waals surface area contributed by atoms with Gasteiger partial charge in [-0.05, 0) is 49.0 Å². The molecular weight excluding hydrogens is 220 g/mol. The first-order valence-corrected chi connectivity index (χ1v) is 7.21. The molecule has 1 aromatic rings. The highest BCUT2D eigenvalue weighted by Crippen LogP contribution is 2.51. The van der Waals surface area contributed by atoms with Gasteiger partial charge in [-0.15, -0.1) is 0 Å². The zero-order valence-corrected chi connectivity index (χ0v) is 10.9. The summed E-state index contributed by atoms with van der Waals surface area (Å²) >= 11 is 0. The van der Waals surface area contributed by atoms with Crippen molar-refractivity contribution in [1.29, 1.82) is 0 Å². The van der Waals surface area contributed by atoms with Gasteiger partial charge in [0.25, 0.3) is 0 Å². The van der Waals surface area contributed by atoms with Gasteiger partial charge in [0, 0.05) is 6.61 Å². The van der Waals surface area contributed by atoms with Crippen LogP contribution in [-0.2, 0) is 4.74 Å². The van der Waals surface area contributed by atoms with Crippen molar-refractivity contribution in [2.75, 3.05) is 13.2 Å². The van der Waals surface area contributed by atoms with E-state index in [9.17, 15) is 0 Å². The highest BCUT2D eigenvalue weighted by atomic mass is 16.5. The summed E-state index contributed by atoms with van der Waals surface area (Å²) in [4.78, 5) is 0. The fraction of sp³-hybridized carbons (Fsp3) is 0.529. The number of ether oxygens (including phenoxy) is 1. The molecule has 0 heterocycles. The topological polar surface area (TPSA) is 9.23 Å². The largest absolute Gasteiger partial charge is 0.377 e. The Kier molecular flexibility index (Phi) is 3.80. The van der Waals surface area contributed by atoms with Crippen LogP contribution < -0.4 is 0 Å². The van der Waals surface area contributed by atoms with Gasteiger partial charge in [-0.2, -0.15) is 0 Å². The first-order valence-electron chi connectivity index (χ1n) is 7.21. The number of benzene rings is 1. The molecule has 96 valence electrons. The second-order valence-electron chi connectivity index (χ2n) is 5.79. The maximum absolute atomic E-state index is 5.77. The molecule has 1 heteroatoms. The fourth-order valence-corrected chi connectivity index (χ4v) is 3.15. The summed E-state index contributed by atoms with van der Waals surface area (Å²) < 4.78 is 5.77. The summed E-state index contributed by atoms with van der Waals surface area (Å²) in [5.74, 6) is 2.99. The van der Waals surface area contributed by atoms with E-state index in [0.29, 0.717) is 0 Å². The summed E-state index contributed by atoms with van der Waals surface area (Å²) in [7, 11) is 0. The highest BCUT2D eigenvalue weighted by molar-refractivity contribution is 5.48.